The van der Waals surface area contributed by atoms with Gasteiger partial charge in [0, 0.05) is 50.5 Å². The number of hydrogen-bond donors (Lipinski definition) is 6. The molecular formula is C16H29N9O5S2. The minimum absolute atomic E-state index is 0.0285. The topological polar surface area (TPSA) is 222 Å². The van der Waals surface area contributed by atoms with Crippen LogP contribution >= 0.6 is 0 Å². The van der Waals surface area contributed by atoms with Crippen molar-refractivity contribution in [2.24, 2.45) is 26.9 Å². The van der Waals surface area contributed by atoms with E-state index in [2.05, 4.69) is 20.6 Å². The highest BCUT2D eigenvalue weighted by Crippen LogP contribution is 2.40. The average Bonchev–Trinajstić information content (AvgIpc) is 3.16. The molecule has 0 saturated carbocycles. The van der Waals surface area contributed by atoms with Crippen molar-refractivity contribution in [1.29, 1.82) is 0 Å². The number of hydrogen-bond acceptors (Lipinski definition) is 12. The zero-order valence-electron chi connectivity index (χ0n) is 17.5. The molecule has 3 rings (SSSR count). The van der Waals surface area contributed by atoms with Crippen molar-refractivity contribution >= 4 is 25.7 Å². The van der Waals surface area contributed by atoms with Crippen LogP contribution in [0.3, 0.4) is 0 Å². The number of hydrazine groups is 1. The third kappa shape index (κ3) is 5.18. The quantitative estimate of drug-likeness (QED) is 0.228. The molecule has 1 saturated heterocycles. The number of benzene rings is 1. The van der Waals surface area contributed by atoms with Crippen LogP contribution in [0.2, 0.25) is 0 Å². The smallest absolute Gasteiger partial charge is 0.242 e. The van der Waals surface area contributed by atoms with Crippen LogP contribution in [0, 0.1) is 0 Å². The van der Waals surface area contributed by atoms with Gasteiger partial charge in [-0.25, -0.2) is 32.2 Å². The second-order valence-electron chi connectivity index (χ2n) is 7.74. The highest BCUT2D eigenvalue weighted by molar-refractivity contribution is 7.92. The Balaban J connectivity index is 2.21. The first-order valence-electron chi connectivity index (χ1n) is 9.92. The fourth-order valence-corrected chi connectivity index (χ4v) is 6.35. The molecule has 1 unspecified atom stereocenters. The maximum Gasteiger partial charge on any atom is 0.242 e. The van der Waals surface area contributed by atoms with Crippen LogP contribution in [0.25, 0.3) is 0 Å². The predicted molar refractivity (Wildman–Crippen MR) is 116 cm³/mol. The van der Waals surface area contributed by atoms with Crippen LogP contribution in [0.15, 0.2) is 32.3 Å². The van der Waals surface area contributed by atoms with Gasteiger partial charge in [0.15, 0.2) is 6.17 Å². The van der Waals surface area contributed by atoms with Gasteiger partial charge in [0.1, 0.15) is 9.79 Å². The molecule has 0 aliphatic carbocycles. The average molecular weight is 492 g/mol. The van der Waals surface area contributed by atoms with Gasteiger partial charge >= 0.3 is 0 Å². The van der Waals surface area contributed by atoms with E-state index < -0.39 is 48.7 Å². The van der Waals surface area contributed by atoms with E-state index in [1.54, 1.807) is 7.05 Å². The summed E-state index contributed by atoms with van der Waals surface area (Å²) < 4.78 is 53.7. The van der Waals surface area contributed by atoms with Crippen molar-refractivity contribution < 1.29 is 21.9 Å². The van der Waals surface area contributed by atoms with E-state index in [4.69, 9.17) is 16.6 Å². The van der Waals surface area contributed by atoms with E-state index in [1.807, 2.05) is 4.90 Å². The summed E-state index contributed by atoms with van der Waals surface area (Å²) in [6.07, 6.45) is -0.719. The minimum atomic E-state index is -4.54. The number of nitrogens with two attached hydrogens (primary N) is 3. The maximum absolute atomic E-state index is 13.0. The van der Waals surface area contributed by atoms with Gasteiger partial charge in [-0.3, -0.25) is 0 Å². The number of nitrogens with zero attached hydrogens (tertiary/aromatic N) is 4. The monoisotopic (exact) mass is 491 g/mol. The van der Waals surface area contributed by atoms with Crippen molar-refractivity contribution in [2.75, 3.05) is 38.1 Å². The molecule has 0 spiro atoms. The number of piperidine rings is 1. The minimum Gasteiger partial charge on any atom is -0.390 e. The lowest BCUT2D eigenvalue weighted by molar-refractivity contribution is 0.186. The van der Waals surface area contributed by atoms with Crippen LogP contribution in [0.1, 0.15) is 24.6 Å². The summed E-state index contributed by atoms with van der Waals surface area (Å²) in [5.74, 6) is 0. The van der Waals surface area contributed by atoms with Crippen LogP contribution in [-0.4, -0.2) is 72.3 Å². The molecule has 2 aliphatic heterocycles. The van der Waals surface area contributed by atoms with Crippen LogP contribution in [0.5, 0.6) is 0 Å². The van der Waals surface area contributed by atoms with Crippen molar-refractivity contribution in [1.82, 2.24) is 15.3 Å². The molecule has 0 radical (unpaired) electrons. The van der Waals surface area contributed by atoms with Crippen LogP contribution < -0.4 is 31.8 Å². The molecule has 0 aromatic heterocycles. The summed E-state index contributed by atoms with van der Waals surface area (Å²) in [5.41, 5.74) is 14.5. The molecule has 1 fully saturated rings. The Hall–Kier alpha value is -1.92. The second-order valence-corrected chi connectivity index (χ2v) is 11.0. The van der Waals surface area contributed by atoms with E-state index in [0.717, 1.165) is 0 Å². The summed E-state index contributed by atoms with van der Waals surface area (Å²) in [5, 5.41) is 24.4. The fourth-order valence-electron chi connectivity index (χ4n) is 3.64. The number of anilines is 1. The maximum atomic E-state index is 13.0. The number of nitrogens with one attached hydrogen (secondary N) is 2. The molecule has 32 heavy (non-hydrogen) atoms. The molecule has 0 bridgehead atoms. The summed E-state index contributed by atoms with van der Waals surface area (Å²) >= 11 is 0. The summed E-state index contributed by atoms with van der Waals surface area (Å²) in [4.78, 5) is 0.795. The lowest BCUT2D eigenvalue weighted by atomic mass is 10.0. The molecular weight excluding hydrogens is 462 g/mol. The lowest BCUT2D eigenvalue weighted by Crippen LogP contribution is -2.41. The predicted octanol–water partition coefficient (Wildman–Crippen LogP) is -2.32. The van der Waals surface area contributed by atoms with Gasteiger partial charge in [0.2, 0.25) is 20.0 Å². The third-order valence-electron chi connectivity index (χ3n) is 5.37. The number of sulfonamides is 2. The first-order chi connectivity index (χ1) is 15.0. The van der Waals surface area contributed by atoms with Gasteiger partial charge in [-0.15, -0.1) is 5.11 Å². The molecule has 0 amide bonds. The van der Waals surface area contributed by atoms with E-state index in [0.29, 0.717) is 31.6 Å². The highest BCUT2D eigenvalue weighted by atomic mass is 32.2. The van der Waals surface area contributed by atoms with E-state index in [-0.39, 0.29) is 18.2 Å². The van der Waals surface area contributed by atoms with E-state index in [1.165, 1.54) is 17.1 Å². The SMILES string of the molecule is CN1NN=NC1c1c(N2CCC(N)CC2)ccc(S(=O)(=O)NC[C@H](O)CN)c1S(N)(=O)=O. The van der Waals surface area contributed by atoms with Crippen LogP contribution in [-0.2, 0) is 20.0 Å². The van der Waals surface area contributed by atoms with Crippen LogP contribution in [0.4, 0.5) is 5.69 Å². The van der Waals surface area contributed by atoms with E-state index in [9.17, 15) is 21.9 Å². The Bertz CT molecular complexity index is 1070. The first-order valence-corrected chi connectivity index (χ1v) is 12.9. The number of rotatable bonds is 8. The summed E-state index contributed by atoms with van der Waals surface area (Å²) in [6.45, 7) is 0.526. The second kappa shape index (κ2) is 9.52. The number of aliphatic hydroxyl groups excluding tert-OH is 1. The summed E-state index contributed by atoms with van der Waals surface area (Å²) in [6, 6.07) is 2.74. The van der Waals surface area contributed by atoms with Crippen molar-refractivity contribution in [3.63, 3.8) is 0 Å². The Labute approximate surface area is 186 Å². The molecule has 16 heteroatoms. The highest BCUT2D eigenvalue weighted by Gasteiger charge is 2.37. The van der Waals surface area contributed by atoms with Gasteiger partial charge in [0.25, 0.3) is 0 Å². The lowest BCUT2D eigenvalue weighted by Gasteiger charge is -2.35. The molecule has 9 N–H and O–H groups in total. The van der Waals surface area contributed by atoms with Crippen molar-refractivity contribution in [3.8, 4) is 0 Å². The van der Waals surface area contributed by atoms with Crippen molar-refractivity contribution in [3.05, 3.63) is 17.7 Å². The molecule has 1 aromatic rings. The molecule has 1 aromatic carbocycles. The number of primary sulfonamides is 1. The Morgan fingerprint density at radius 1 is 1.28 bits per heavy atom. The molecule has 2 atom stereocenters. The van der Waals surface area contributed by atoms with Gasteiger partial charge in [-0.05, 0) is 25.0 Å². The summed E-state index contributed by atoms with van der Waals surface area (Å²) in [7, 11) is -7.33. The Morgan fingerprint density at radius 3 is 2.47 bits per heavy atom. The zero-order chi connectivity index (χ0) is 23.7. The fraction of sp³-hybridized carbons (Fsp3) is 0.625. The van der Waals surface area contributed by atoms with Gasteiger partial charge in [-0.2, -0.15) is 5.01 Å². The molecule has 180 valence electrons. The standard InChI is InChI=1S/C16H29N9O5S2/c1-24-16(21-22-23-24)14-12(25-6-4-10(18)5-7-25)2-3-13(15(14)31(19,27)28)32(29,30)20-9-11(26)8-17/h2-3,10-11,16,20,26H,4-9,17-18H2,1H3,(H,21,23)(H2,19,27,28)/t11-,16?/m1/s1. The first kappa shape index (κ1) is 24.7. The normalized spacial score (nSPS) is 21.7. The van der Waals surface area contributed by atoms with Crippen molar-refractivity contribution in [2.45, 2.75) is 40.9 Å². The largest absolute Gasteiger partial charge is 0.390 e. The zero-order valence-corrected chi connectivity index (χ0v) is 19.2. The third-order valence-corrected chi connectivity index (χ3v) is 7.97. The van der Waals surface area contributed by atoms with Gasteiger partial charge in [-0.1, -0.05) is 5.22 Å². The Kier molecular flexibility index (Phi) is 7.35. The molecule has 14 nitrogen and oxygen atoms in total. The Morgan fingerprint density at radius 2 is 1.94 bits per heavy atom. The van der Waals surface area contributed by atoms with Gasteiger partial charge < -0.3 is 21.5 Å². The van der Waals surface area contributed by atoms with Gasteiger partial charge in [0.05, 0.1) is 6.10 Å². The molecule has 2 heterocycles. The van der Waals surface area contributed by atoms with E-state index >= 15 is 0 Å². The molecule has 2 aliphatic rings. The number of aliphatic hydroxyl groups is 1.